The second-order valence-corrected chi connectivity index (χ2v) is 12.9. The number of carbonyl (C=O) groups is 6. The van der Waals surface area contributed by atoms with Crippen molar-refractivity contribution in [2.45, 2.75) is 83.5 Å². The number of hydrogen-bond donors (Lipinski definition) is 5. The Bertz CT molecular complexity index is 1210. The molecule has 14 heteroatoms. The maximum absolute atomic E-state index is 13.0. The minimum Gasteiger partial charge on any atom is -0.378 e. The number of imide groups is 1. The van der Waals surface area contributed by atoms with Crippen LogP contribution in [0.25, 0.3) is 0 Å². The monoisotopic (exact) mass is 643 g/mol. The number of rotatable bonds is 18. The van der Waals surface area contributed by atoms with E-state index >= 15 is 0 Å². The van der Waals surface area contributed by atoms with E-state index in [1.165, 1.54) is 0 Å². The topological polar surface area (TPSA) is 163 Å². The van der Waals surface area contributed by atoms with E-state index in [0.717, 1.165) is 10.5 Å². The van der Waals surface area contributed by atoms with Crippen LogP contribution in [0.4, 0.5) is 5.69 Å². The Hall–Kier alpha value is -3.39. The van der Waals surface area contributed by atoms with Crippen molar-refractivity contribution in [3.05, 3.63) is 29.8 Å². The second kappa shape index (κ2) is 17.9. The minimum absolute atomic E-state index is 0.0408. The first-order valence-corrected chi connectivity index (χ1v) is 15.7. The van der Waals surface area contributed by atoms with Gasteiger partial charge in [-0.2, -0.15) is 12.6 Å². The summed E-state index contributed by atoms with van der Waals surface area (Å²) in [5, 5.41) is 10.8. The molecule has 0 spiro atoms. The fourth-order valence-electron chi connectivity index (χ4n) is 4.49. The van der Waals surface area contributed by atoms with Gasteiger partial charge in [0.2, 0.25) is 35.4 Å². The Morgan fingerprint density at radius 3 is 2.33 bits per heavy atom. The lowest BCUT2D eigenvalue weighted by atomic mass is 9.97. The van der Waals surface area contributed by atoms with Gasteiger partial charge in [0, 0.05) is 44.1 Å². The van der Waals surface area contributed by atoms with Gasteiger partial charge < -0.3 is 26.0 Å². The van der Waals surface area contributed by atoms with E-state index in [9.17, 15) is 28.8 Å². The van der Waals surface area contributed by atoms with Crippen molar-refractivity contribution >= 4 is 61.6 Å². The molecule has 1 aliphatic heterocycles. The summed E-state index contributed by atoms with van der Waals surface area (Å²) in [6.07, 6.45) is 1.16. The molecule has 0 aromatic heterocycles. The first-order chi connectivity index (χ1) is 21.1. The van der Waals surface area contributed by atoms with Crippen LogP contribution in [-0.2, 0) is 39.8 Å². The van der Waals surface area contributed by atoms with Crippen LogP contribution in [0.3, 0.4) is 0 Å². The largest absolute Gasteiger partial charge is 0.378 e. The lowest BCUT2D eigenvalue weighted by molar-refractivity contribution is -0.139. The maximum atomic E-state index is 13.0. The summed E-state index contributed by atoms with van der Waals surface area (Å²) in [6.45, 7) is 9.11. The van der Waals surface area contributed by atoms with Gasteiger partial charge in [-0.15, -0.1) is 0 Å². The molecule has 0 bridgehead atoms. The summed E-state index contributed by atoms with van der Waals surface area (Å²) < 4.78 is 4.67. The first-order valence-electron chi connectivity index (χ1n) is 15.3. The first kappa shape index (κ1) is 37.8. The van der Waals surface area contributed by atoms with Crippen LogP contribution in [0.1, 0.15) is 65.9 Å². The lowest BCUT2D eigenvalue weighted by Gasteiger charge is -2.28. The molecule has 1 saturated heterocycles. The van der Waals surface area contributed by atoms with Gasteiger partial charge in [0.25, 0.3) is 0 Å². The molecule has 1 fully saturated rings. The summed E-state index contributed by atoms with van der Waals surface area (Å²) in [6, 6.07) is 6.17. The van der Waals surface area contributed by atoms with Crippen LogP contribution < -0.4 is 21.3 Å². The number of hydrogen-bond acceptors (Lipinski definition) is 8. The Labute approximate surface area is 272 Å². The zero-order chi connectivity index (χ0) is 33.7. The number of thiol groups is 1. The number of benzene rings is 1. The standard InChI is InChI=1S/C31H46BN5O7S/c1-19(2)27(28(41)34-18-25(39)35-23-8-6-22(17-32)7-9-23)36-30(43)31(5,45)12-15-44-21(4)10-13-33-24(38)11-14-37-26(40)16-20(3)29(37)42/h6-9,19-21,27,45H,10-18H2,1-5H3,(H,33,38)(H,34,41)(H,35,39)(H,36,43). The average molecular weight is 644 g/mol. The molecule has 1 aromatic rings. The number of amides is 6. The molecule has 1 heterocycles. The molecule has 45 heavy (non-hydrogen) atoms. The molecule has 12 nitrogen and oxygen atoms in total. The van der Waals surface area contributed by atoms with E-state index in [2.05, 4.69) is 33.9 Å². The normalized spacial score (nSPS) is 17.4. The van der Waals surface area contributed by atoms with E-state index in [4.69, 9.17) is 12.6 Å². The third-order valence-corrected chi connectivity index (χ3v) is 7.94. The molecule has 4 N–H and O–H groups in total. The second-order valence-electron chi connectivity index (χ2n) is 11.9. The van der Waals surface area contributed by atoms with Gasteiger partial charge in [-0.05, 0) is 44.7 Å². The predicted octanol–water partition coefficient (Wildman–Crippen LogP) is 1.33. The van der Waals surface area contributed by atoms with Gasteiger partial charge in [-0.25, -0.2) is 0 Å². The van der Waals surface area contributed by atoms with Crippen LogP contribution in [0.5, 0.6) is 0 Å². The SMILES string of the molecule is [B]Cc1ccc(NC(=O)CNC(=O)C(NC(=O)C(C)(S)CCOC(C)CCNC(=O)CCN2C(=O)CC(C)C2=O)C(C)C)cc1. The van der Waals surface area contributed by atoms with Gasteiger partial charge in [-0.3, -0.25) is 33.7 Å². The number of ether oxygens (including phenoxy) is 1. The van der Waals surface area contributed by atoms with E-state index in [1.54, 1.807) is 52.0 Å². The highest BCUT2D eigenvalue weighted by Crippen LogP contribution is 2.21. The van der Waals surface area contributed by atoms with Crippen molar-refractivity contribution in [2.24, 2.45) is 11.8 Å². The van der Waals surface area contributed by atoms with Crippen molar-refractivity contribution in [2.75, 3.05) is 31.6 Å². The van der Waals surface area contributed by atoms with Gasteiger partial charge >= 0.3 is 0 Å². The molecule has 0 aliphatic carbocycles. The molecule has 246 valence electrons. The molecule has 4 unspecified atom stereocenters. The molecule has 2 radical (unpaired) electrons. The minimum atomic E-state index is -1.14. The van der Waals surface area contributed by atoms with Gasteiger partial charge in [0.1, 0.15) is 6.04 Å². The average Bonchev–Trinajstić information content (AvgIpc) is 3.22. The van der Waals surface area contributed by atoms with E-state index < -0.39 is 28.5 Å². The third-order valence-electron chi connectivity index (χ3n) is 7.52. The Morgan fingerprint density at radius 2 is 1.76 bits per heavy atom. The molecular formula is C31H46BN5O7S. The van der Waals surface area contributed by atoms with Gasteiger partial charge in [0.15, 0.2) is 0 Å². The highest BCUT2D eigenvalue weighted by atomic mass is 32.1. The summed E-state index contributed by atoms with van der Waals surface area (Å²) >= 11 is 4.52. The molecule has 6 amide bonds. The van der Waals surface area contributed by atoms with E-state index in [0.29, 0.717) is 25.0 Å². The zero-order valence-electron chi connectivity index (χ0n) is 26.8. The molecule has 4 atom stereocenters. The van der Waals surface area contributed by atoms with Crippen LogP contribution in [-0.4, -0.2) is 91.3 Å². The van der Waals surface area contributed by atoms with Crippen LogP contribution >= 0.6 is 12.6 Å². The Balaban J connectivity index is 1.70. The number of nitrogens with one attached hydrogen (secondary N) is 4. The Kier molecular flexibility index (Phi) is 15.1. The quantitative estimate of drug-likeness (QED) is 0.0916. The fraction of sp³-hybridized carbons (Fsp3) is 0.613. The number of anilines is 1. The highest BCUT2D eigenvalue weighted by molar-refractivity contribution is 7.82. The summed E-state index contributed by atoms with van der Waals surface area (Å²) in [5.41, 5.74) is 1.50. The number of carbonyl (C=O) groups excluding carboxylic acids is 6. The predicted molar refractivity (Wildman–Crippen MR) is 174 cm³/mol. The van der Waals surface area contributed by atoms with Crippen molar-refractivity contribution in [1.82, 2.24) is 20.9 Å². The molecule has 2 rings (SSSR count). The fourth-order valence-corrected chi connectivity index (χ4v) is 4.65. The molecule has 1 aliphatic rings. The number of nitrogens with zero attached hydrogens (tertiary/aromatic N) is 1. The Morgan fingerprint density at radius 1 is 1.09 bits per heavy atom. The van der Waals surface area contributed by atoms with Gasteiger partial charge in [0.05, 0.1) is 25.2 Å². The molecule has 1 aromatic carbocycles. The molecule has 0 saturated carbocycles. The third kappa shape index (κ3) is 12.5. The van der Waals surface area contributed by atoms with E-state index in [-0.39, 0.29) is 74.6 Å². The van der Waals surface area contributed by atoms with Crippen LogP contribution in [0.15, 0.2) is 24.3 Å². The van der Waals surface area contributed by atoms with Crippen molar-refractivity contribution < 1.29 is 33.5 Å². The lowest BCUT2D eigenvalue weighted by Crippen LogP contribution is -2.55. The van der Waals surface area contributed by atoms with Crippen molar-refractivity contribution in [3.8, 4) is 0 Å². The zero-order valence-corrected chi connectivity index (χ0v) is 27.7. The highest BCUT2D eigenvalue weighted by Gasteiger charge is 2.36. The van der Waals surface area contributed by atoms with Gasteiger partial charge in [-0.1, -0.05) is 44.8 Å². The van der Waals surface area contributed by atoms with Crippen molar-refractivity contribution in [3.63, 3.8) is 0 Å². The summed E-state index contributed by atoms with van der Waals surface area (Å²) in [4.78, 5) is 75.3. The maximum Gasteiger partial charge on any atom is 0.243 e. The van der Waals surface area contributed by atoms with Crippen LogP contribution in [0, 0.1) is 11.8 Å². The van der Waals surface area contributed by atoms with Crippen molar-refractivity contribution in [1.29, 1.82) is 0 Å². The summed E-state index contributed by atoms with van der Waals surface area (Å²) in [7, 11) is 5.58. The molecular weight excluding hydrogens is 597 g/mol. The summed E-state index contributed by atoms with van der Waals surface area (Å²) in [5.74, 6) is -2.69. The van der Waals surface area contributed by atoms with E-state index in [1.807, 2.05) is 6.92 Å². The number of likely N-dealkylation sites (tertiary alicyclic amines) is 1. The van der Waals surface area contributed by atoms with Crippen LogP contribution in [0.2, 0.25) is 0 Å². The smallest absolute Gasteiger partial charge is 0.243 e.